The summed E-state index contributed by atoms with van der Waals surface area (Å²) in [6.07, 6.45) is 8.12. The van der Waals surface area contributed by atoms with Gasteiger partial charge in [0.1, 0.15) is 0 Å². The molecule has 1 aliphatic rings. The number of hydrogen-bond acceptors (Lipinski definition) is 1. The van der Waals surface area contributed by atoms with Crippen molar-refractivity contribution in [3.63, 3.8) is 0 Å². The summed E-state index contributed by atoms with van der Waals surface area (Å²) in [6, 6.07) is 0. The zero-order valence-corrected chi connectivity index (χ0v) is 16.7. The molecular formula is C15H34NSiTi. The molecule has 1 aliphatic carbocycles. The van der Waals surface area contributed by atoms with Gasteiger partial charge in [-0.2, -0.15) is 0 Å². The summed E-state index contributed by atoms with van der Waals surface area (Å²) in [5.74, 6) is 0. The zero-order valence-electron chi connectivity index (χ0n) is 14.0. The van der Waals surface area contributed by atoms with Gasteiger partial charge in [0.25, 0.3) is 0 Å². The molecule has 0 aromatic rings. The third-order valence-corrected chi connectivity index (χ3v) is 50.1. The van der Waals surface area contributed by atoms with Gasteiger partial charge in [0.05, 0.1) is 0 Å². The van der Waals surface area contributed by atoms with Crippen LogP contribution >= 0.6 is 0 Å². The van der Waals surface area contributed by atoms with Gasteiger partial charge >= 0.3 is 112 Å². The number of nitrogens with one attached hydrogen (secondary N) is 1. The number of hydrogen-bond donors (Lipinski definition) is 1. The maximum atomic E-state index is 4.24. The summed E-state index contributed by atoms with van der Waals surface area (Å²) in [4.78, 5) is 0. The van der Waals surface area contributed by atoms with Gasteiger partial charge in [0.15, 0.2) is 0 Å². The van der Waals surface area contributed by atoms with E-state index in [4.69, 9.17) is 0 Å². The van der Waals surface area contributed by atoms with E-state index in [2.05, 4.69) is 76.8 Å². The minimum absolute atomic E-state index is 0.156. The molecule has 1 N–H and O–H groups in total. The van der Waals surface area contributed by atoms with E-state index in [9.17, 15) is 0 Å². The van der Waals surface area contributed by atoms with Crippen molar-refractivity contribution < 1.29 is 12.3 Å². The Balaban J connectivity index is 3.64. The van der Waals surface area contributed by atoms with Gasteiger partial charge in [-0.3, -0.25) is 0 Å². The van der Waals surface area contributed by atoms with Gasteiger partial charge in [0, 0.05) is 0 Å². The Bertz CT molecular complexity index is 450. The molecule has 0 saturated carbocycles. The quantitative estimate of drug-likeness (QED) is 0.718. The molecule has 0 fully saturated rings. The van der Waals surface area contributed by atoms with Crippen molar-refractivity contribution in [2.45, 2.75) is 66.7 Å². The SMILES string of the molecule is C[SiH](C)[Ti]([CH3])([CH3])([CH3])([CH3])([NH]C(C)(C)C)[C]1=CC=CC1. The van der Waals surface area contributed by atoms with Crippen LogP contribution in [0.2, 0.25) is 34.0 Å². The first kappa shape index (κ1) is 16.4. The van der Waals surface area contributed by atoms with Crippen LogP contribution in [0.5, 0.6) is 0 Å². The molecule has 0 heterocycles. The number of rotatable bonds is 3. The summed E-state index contributed by atoms with van der Waals surface area (Å²) in [5.41, 5.74) is 0.156. The van der Waals surface area contributed by atoms with Gasteiger partial charge in [0.2, 0.25) is 0 Å². The van der Waals surface area contributed by atoms with Crippen molar-refractivity contribution in [3.8, 4) is 0 Å². The van der Waals surface area contributed by atoms with Crippen molar-refractivity contribution in [1.82, 2.24) is 3.80 Å². The first-order valence-corrected chi connectivity index (χ1v) is 20.8. The molecule has 1 nitrogen and oxygen atoms in total. The molecule has 1 rings (SSSR count). The predicted octanol–water partition coefficient (Wildman–Crippen LogP) is 5.07. The second-order valence-electron chi connectivity index (χ2n) is 11.4. The Morgan fingerprint density at radius 2 is 1.61 bits per heavy atom. The molecule has 0 aromatic carbocycles. The average Bonchev–Trinajstić information content (AvgIpc) is 2.48. The molecule has 3 heteroatoms. The van der Waals surface area contributed by atoms with Crippen molar-refractivity contribution in [1.29, 1.82) is 0 Å². The van der Waals surface area contributed by atoms with Crippen molar-refractivity contribution in [2.24, 2.45) is 0 Å². The molecule has 0 bridgehead atoms. The van der Waals surface area contributed by atoms with E-state index in [1.807, 2.05) is 0 Å². The Morgan fingerprint density at radius 1 is 1.11 bits per heavy atom. The van der Waals surface area contributed by atoms with Crippen LogP contribution in [0.25, 0.3) is 0 Å². The van der Waals surface area contributed by atoms with Crippen molar-refractivity contribution >= 4 is 6.66 Å². The predicted molar refractivity (Wildman–Crippen MR) is 87.1 cm³/mol. The van der Waals surface area contributed by atoms with E-state index in [0.717, 1.165) is 6.42 Å². The van der Waals surface area contributed by atoms with Gasteiger partial charge < -0.3 is 0 Å². The zero-order chi connectivity index (χ0) is 14.6. The molecule has 0 aliphatic heterocycles. The second-order valence-corrected chi connectivity index (χ2v) is 53.0. The third-order valence-electron chi connectivity index (χ3n) is 6.30. The number of allylic oxidation sites excluding steroid dienone is 4. The molecular weight excluding hydrogens is 270 g/mol. The molecule has 0 spiro atoms. The van der Waals surface area contributed by atoms with Gasteiger partial charge in [-0.05, 0) is 0 Å². The van der Waals surface area contributed by atoms with Gasteiger partial charge in [-0.25, -0.2) is 0 Å². The van der Waals surface area contributed by atoms with E-state index in [1.165, 1.54) is 0 Å². The fourth-order valence-corrected chi connectivity index (χ4v) is 21.9. The maximum absolute atomic E-state index is 4.24. The summed E-state index contributed by atoms with van der Waals surface area (Å²) >= 11 is -3.80. The molecule has 0 saturated heterocycles. The molecule has 107 valence electrons. The van der Waals surface area contributed by atoms with E-state index >= 15 is 0 Å². The Labute approximate surface area is 111 Å². The summed E-state index contributed by atoms with van der Waals surface area (Å²) in [5, 5.41) is 10.5. The first-order valence-electron chi connectivity index (χ1n) is 7.41. The van der Waals surface area contributed by atoms with Crippen LogP contribution in [0, 0.1) is 0 Å². The van der Waals surface area contributed by atoms with Crippen molar-refractivity contribution in [2.75, 3.05) is 0 Å². The monoisotopic (exact) mass is 304 g/mol. The van der Waals surface area contributed by atoms with Crippen LogP contribution in [0.15, 0.2) is 22.1 Å². The average molecular weight is 304 g/mol. The Morgan fingerprint density at radius 3 is 1.89 bits per heavy atom. The standard InChI is InChI=1S/C5H5.C4H10N.C2H7Si.4CH3.Ti/c1-2-4-5-3-1;1-4(2,3)5;1-3-2;;;;;/h1-3H,4H2;5H,1-3H3;3H,1-2H3;4*1H3;/q;-1;;;;;;+1. The molecule has 0 unspecified atom stereocenters. The van der Waals surface area contributed by atoms with Crippen LogP contribution in [-0.4, -0.2) is 12.2 Å². The van der Waals surface area contributed by atoms with Gasteiger partial charge in [-0.15, -0.1) is 0 Å². The fraction of sp³-hybridized carbons (Fsp3) is 0.733. The van der Waals surface area contributed by atoms with E-state index in [-0.39, 0.29) is 5.54 Å². The summed E-state index contributed by atoms with van der Waals surface area (Å²) < 4.78 is 5.93. The van der Waals surface area contributed by atoms with E-state index in [0.29, 0.717) is 0 Å². The molecule has 0 aromatic heterocycles. The van der Waals surface area contributed by atoms with Gasteiger partial charge in [-0.1, -0.05) is 0 Å². The van der Waals surface area contributed by atoms with Crippen LogP contribution in [0.3, 0.4) is 0 Å². The minimum atomic E-state index is -3.80. The van der Waals surface area contributed by atoms with Crippen LogP contribution in [-0.2, 0) is 12.3 Å². The molecule has 0 atom stereocenters. The molecule has 18 heavy (non-hydrogen) atoms. The topological polar surface area (TPSA) is 12.0 Å². The van der Waals surface area contributed by atoms with E-state index < -0.39 is 18.9 Å². The Kier molecular flexibility index (Phi) is 2.89. The molecule has 0 amide bonds. The molecule has 0 radical (unpaired) electrons. The third kappa shape index (κ3) is 2.37. The normalized spacial score (nSPS) is 23.2. The van der Waals surface area contributed by atoms with Crippen LogP contribution < -0.4 is 3.80 Å². The second kappa shape index (κ2) is 3.16. The van der Waals surface area contributed by atoms with Crippen molar-refractivity contribution in [3.05, 3.63) is 22.1 Å². The summed E-state index contributed by atoms with van der Waals surface area (Å²) in [7, 11) is 0. The summed E-state index contributed by atoms with van der Waals surface area (Å²) in [6.45, 7) is 11.1. The van der Waals surface area contributed by atoms with E-state index in [1.54, 1.807) is 3.88 Å². The van der Waals surface area contributed by atoms with Crippen LogP contribution in [0.1, 0.15) is 27.2 Å². The Hall–Kier alpha value is 0.371. The first-order chi connectivity index (χ1) is 7.54. The van der Waals surface area contributed by atoms with Crippen LogP contribution in [0.4, 0.5) is 0 Å². The fourth-order valence-electron chi connectivity index (χ4n) is 3.89.